The van der Waals surface area contributed by atoms with Crippen LogP contribution >= 0.6 is 0 Å². The molecule has 3 nitrogen and oxygen atoms in total. The molecule has 0 aliphatic carbocycles. The standard InChI is InChI=1S/C11H14FNO2/c1-7-3-9(4-8(2)11(7)12)5-13-6-10(14)15/h3-4,13H,5-6H2,1-2H3,(H,14,15). The van der Waals surface area contributed by atoms with Crippen LogP contribution in [0.2, 0.25) is 0 Å². The van der Waals surface area contributed by atoms with E-state index in [9.17, 15) is 9.18 Å². The lowest BCUT2D eigenvalue weighted by molar-refractivity contribution is -0.135. The molecule has 0 saturated carbocycles. The number of aliphatic carboxylic acids is 1. The molecule has 1 aromatic carbocycles. The molecule has 0 radical (unpaired) electrons. The molecule has 0 aromatic heterocycles. The summed E-state index contributed by atoms with van der Waals surface area (Å²) in [7, 11) is 0. The average molecular weight is 211 g/mol. The first kappa shape index (κ1) is 11.7. The van der Waals surface area contributed by atoms with Crippen molar-refractivity contribution in [2.75, 3.05) is 6.54 Å². The van der Waals surface area contributed by atoms with Crippen molar-refractivity contribution in [3.63, 3.8) is 0 Å². The average Bonchev–Trinajstić information content (AvgIpc) is 2.13. The van der Waals surface area contributed by atoms with Crippen LogP contribution in [0.5, 0.6) is 0 Å². The minimum atomic E-state index is -0.898. The molecular formula is C11H14FNO2. The van der Waals surface area contributed by atoms with Gasteiger partial charge in [0.1, 0.15) is 5.82 Å². The predicted molar refractivity (Wildman–Crippen MR) is 55.2 cm³/mol. The lowest BCUT2D eigenvalue weighted by Gasteiger charge is -2.07. The number of carboxylic acids is 1. The molecular weight excluding hydrogens is 197 g/mol. The lowest BCUT2D eigenvalue weighted by atomic mass is 10.1. The number of nitrogens with one attached hydrogen (secondary N) is 1. The first-order valence-electron chi connectivity index (χ1n) is 4.69. The highest BCUT2D eigenvalue weighted by Crippen LogP contribution is 2.14. The zero-order valence-corrected chi connectivity index (χ0v) is 8.80. The third-order valence-electron chi connectivity index (χ3n) is 2.10. The Morgan fingerprint density at radius 2 is 1.93 bits per heavy atom. The smallest absolute Gasteiger partial charge is 0.317 e. The van der Waals surface area contributed by atoms with E-state index >= 15 is 0 Å². The van der Waals surface area contributed by atoms with E-state index in [1.54, 1.807) is 26.0 Å². The van der Waals surface area contributed by atoms with Gasteiger partial charge in [-0.2, -0.15) is 0 Å². The second-order valence-corrected chi connectivity index (χ2v) is 3.54. The summed E-state index contributed by atoms with van der Waals surface area (Å²) in [5, 5.41) is 11.2. The second kappa shape index (κ2) is 4.89. The fourth-order valence-corrected chi connectivity index (χ4v) is 1.45. The molecule has 0 aliphatic heterocycles. The molecule has 0 saturated heterocycles. The molecule has 0 fully saturated rings. The van der Waals surface area contributed by atoms with E-state index in [0.717, 1.165) is 5.56 Å². The second-order valence-electron chi connectivity index (χ2n) is 3.54. The minimum Gasteiger partial charge on any atom is -0.480 e. The normalized spacial score (nSPS) is 10.3. The number of carboxylic acid groups (broad SMARTS) is 1. The van der Waals surface area contributed by atoms with Crippen LogP contribution in [0, 0.1) is 19.7 Å². The summed E-state index contributed by atoms with van der Waals surface area (Å²) < 4.78 is 13.2. The topological polar surface area (TPSA) is 49.3 Å². The molecule has 2 N–H and O–H groups in total. The molecule has 0 aliphatic rings. The summed E-state index contributed by atoms with van der Waals surface area (Å²) in [6.45, 7) is 3.75. The first-order chi connectivity index (χ1) is 7.00. The molecule has 1 rings (SSSR count). The van der Waals surface area contributed by atoms with Gasteiger partial charge in [-0.25, -0.2) is 4.39 Å². The van der Waals surface area contributed by atoms with Crippen LogP contribution in [0.4, 0.5) is 4.39 Å². The van der Waals surface area contributed by atoms with E-state index in [2.05, 4.69) is 5.32 Å². The van der Waals surface area contributed by atoms with Gasteiger partial charge in [0, 0.05) is 6.54 Å². The van der Waals surface area contributed by atoms with Crippen LogP contribution in [0.1, 0.15) is 16.7 Å². The number of rotatable bonds is 4. The highest BCUT2D eigenvalue weighted by Gasteiger charge is 2.04. The molecule has 0 unspecified atom stereocenters. The summed E-state index contributed by atoms with van der Waals surface area (Å²) in [4.78, 5) is 10.3. The Hall–Kier alpha value is -1.42. The highest BCUT2D eigenvalue weighted by atomic mass is 19.1. The Morgan fingerprint density at radius 3 is 2.40 bits per heavy atom. The maximum atomic E-state index is 13.2. The lowest BCUT2D eigenvalue weighted by Crippen LogP contribution is -2.22. The first-order valence-corrected chi connectivity index (χ1v) is 4.69. The van der Waals surface area contributed by atoms with E-state index < -0.39 is 5.97 Å². The summed E-state index contributed by atoms with van der Waals surface area (Å²) in [5.74, 6) is -1.09. The number of halogens is 1. The Labute approximate surface area is 87.9 Å². The van der Waals surface area contributed by atoms with E-state index in [0.29, 0.717) is 17.7 Å². The monoisotopic (exact) mass is 211 g/mol. The summed E-state index contributed by atoms with van der Waals surface area (Å²) in [5.41, 5.74) is 2.07. The summed E-state index contributed by atoms with van der Waals surface area (Å²) >= 11 is 0. The molecule has 0 amide bonds. The Morgan fingerprint density at radius 1 is 1.40 bits per heavy atom. The van der Waals surface area contributed by atoms with Crippen molar-refractivity contribution in [2.24, 2.45) is 0 Å². The number of benzene rings is 1. The van der Waals surface area contributed by atoms with E-state index in [4.69, 9.17) is 5.11 Å². The van der Waals surface area contributed by atoms with Crippen molar-refractivity contribution in [2.45, 2.75) is 20.4 Å². The van der Waals surface area contributed by atoms with Gasteiger partial charge in [-0.1, -0.05) is 12.1 Å². The molecule has 1 aromatic rings. The number of hydrogen-bond acceptors (Lipinski definition) is 2. The van der Waals surface area contributed by atoms with Crippen LogP contribution in [0.15, 0.2) is 12.1 Å². The quantitative estimate of drug-likeness (QED) is 0.795. The van der Waals surface area contributed by atoms with Crippen molar-refractivity contribution in [1.29, 1.82) is 0 Å². The molecule has 0 heterocycles. The molecule has 4 heteroatoms. The minimum absolute atomic E-state index is 0.0878. The fourth-order valence-electron chi connectivity index (χ4n) is 1.45. The van der Waals surface area contributed by atoms with Gasteiger partial charge < -0.3 is 10.4 Å². The van der Waals surface area contributed by atoms with E-state index in [-0.39, 0.29) is 12.4 Å². The number of aryl methyl sites for hydroxylation is 2. The zero-order valence-electron chi connectivity index (χ0n) is 8.80. The maximum absolute atomic E-state index is 13.2. The highest BCUT2D eigenvalue weighted by molar-refractivity contribution is 5.68. The number of hydrogen-bond donors (Lipinski definition) is 2. The van der Waals surface area contributed by atoms with Gasteiger partial charge in [0.15, 0.2) is 0 Å². The fraction of sp³-hybridized carbons (Fsp3) is 0.364. The van der Waals surface area contributed by atoms with Gasteiger partial charge in [-0.15, -0.1) is 0 Å². The summed E-state index contributed by atoms with van der Waals surface area (Å²) in [6.07, 6.45) is 0. The number of carbonyl (C=O) groups is 1. The van der Waals surface area contributed by atoms with Crippen molar-refractivity contribution in [1.82, 2.24) is 5.32 Å². The molecule has 0 atom stereocenters. The van der Waals surface area contributed by atoms with Gasteiger partial charge in [0.25, 0.3) is 0 Å². The predicted octanol–water partition coefficient (Wildman–Crippen LogP) is 1.62. The van der Waals surface area contributed by atoms with Gasteiger partial charge in [-0.3, -0.25) is 4.79 Å². The van der Waals surface area contributed by atoms with Crippen molar-refractivity contribution >= 4 is 5.97 Å². The molecule has 82 valence electrons. The molecule has 15 heavy (non-hydrogen) atoms. The Kier molecular flexibility index (Phi) is 3.80. The Balaban J connectivity index is 2.66. The Bertz CT molecular complexity index is 354. The third kappa shape index (κ3) is 3.32. The van der Waals surface area contributed by atoms with Crippen LogP contribution in [-0.4, -0.2) is 17.6 Å². The van der Waals surface area contributed by atoms with Crippen molar-refractivity contribution in [3.05, 3.63) is 34.6 Å². The van der Waals surface area contributed by atoms with Gasteiger partial charge >= 0.3 is 5.97 Å². The SMILES string of the molecule is Cc1cc(CNCC(=O)O)cc(C)c1F. The maximum Gasteiger partial charge on any atom is 0.317 e. The van der Waals surface area contributed by atoms with E-state index in [1.165, 1.54) is 0 Å². The van der Waals surface area contributed by atoms with Gasteiger partial charge in [-0.05, 0) is 30.5 Å². The van der Waals surface area contributed by atoms with Crippen LogP contribution in [0.3, 0.4) is 0 Å². The molecule has 0 bridgehead atoms. The van der Waals surface area contributed by atoms with Gasteiger partial charge in [0.2, 0.25) is 0 Å². The largest absolute Gasteiger partial charge is 0.480 e. The van der Waals surface area contributed by atoms with E-state index in [1.807, 2.05) is 0 Å². The van der Waals surface area contributed by atoms with Crippen LogP contribution in [-0.2, 0) is 11.3 Å². The zero-order chi connectivity index (χ0) is 11.4. The summed E-state index contributed by atoms with van der Waals surface area (Å²) in [6, 6.07) is 3.44. The van der Waals surface area contributed by atoms with Crippen molar-refractivity contribution in [3.8, 4) is 0 Å². The third-order valence-corrected chi connectivity index (χ3v) is 2.10. The van der Waals surface area contributed by atoms with Crippen molar-refractivity contribution < 1.29 is 14.3 Å². The molecule has 0 spiro atoms. The van der Waals surface area contributed by atoms with Crippen LogP contribution in [0.25, 0.3) is 0 Å². The van der Waals surface area contributed by atoms with Crippen LogP contribution < -0.4 is 5.32 Å². The van der Waals surface area contributed by atoms with Gasteiger partial charge in [0.05, 0.1) is 6.54 Å².